The van der Waals surface area contributed by atoms with Crippen molar-refractivity contribution in [3.63, 3.8) is 0 Å². The topological polar surface area (TPSA) is 96.3 Å². The van der Waals surface area contributed by atoms with Crippen molar-refractivity contribution < 1.29 is 28.8 Å². The zero-order chi connectivity index (χ0) is 11.8. The van der Waals surface area contributed by atoms with E-state index in [4.69, 9.17) is 9.79 Å². The first-order valence-electron chi connectivity index (χ1n) is 4.29. The van der Waals surface area contributed by atoms with Gasteiger partial charge in [0.15, 0.2) is 8.38 Å². The highest BCUT2D eigenvalue weighted by Crippen LogP contribution is 2.24. The fourth-order valence-corrected chi connectivity index (χ4v) is 1.20. The normalized spacial score (nSPS) is 9.93. The Hall–Kier alpha value is -0.910. The van der Waals surface area contributed by atoms with Gasteiger partial charge in [-0.1, -0.05) is 0 Å². The molecule has 8 heteroatoms. The van der Waals surface area contributed by atoms with Crippen molar-refractivity contribution >= 4 is 20.6 Å². The molecule has 88 valence electrons. The second kappa shape index (κ2) is 7.39. The number of nitrogens with zero attached hydrogens (tertiary/aromatic N) is 1. The van der Waals surface area contributed by atoms with E-state index in [2.05, 4.69) is 9.47 Å². The minimum absolute atomic E-state index is 0.0868. The van der Waals surface area contributed by atoms with Crippen molar-refractivity contribution in [1.29, 1.82) is 0 Å². The van der Waals surface area contributed by atoms with Crippen LogP contribution in [0.3, 0.4) is 0 Å². The maximum Gasteiger partial charge on any atom is 0.419 e. The largest absolute Gasteiger partial charge is 0.449 e. The van der Waals surface area contributed by atoms with Crippen molar-refractivity contribution in [2.45, 2.75) is 13.8 Å². The lowest BCUT2D eigenvalue weighted by Crippen LogP contribution is -2.38. The summed E-state index contributed by atoms with van der Waals surface area (Å²) in [6.45, 7) is 3.32. The zero-order valence-electron chi connectivity index (χ0n) is 8.54. The Kier molecular flexibility index (Phi) is 6.94. The number of hydrogen-bond donors (Lipinski definition) is 2. The van der Waals surface area contributed by atoms with Crippen LogP contribution >= 0.6 is 8.38 Å². The van der Waals surface area contributed by atoms with Gasteiger partial charge in [0.05, 0.1) is 13.2 Å². The van der Waals surface area contributed by atoms with E-state index in [1.807, 2.05) is 0 Å². The van der Waals surface area contributed by atoms with Crippen LogP contribution in [-0.2, 0) is 9.47 Å². The third-order valence-electron chi connectivity index (χ3n) is 1.24. The summed E-state index contributed by atoms with van der Waals surface area (Å²) in [6.07, 6.45) is -2.43. The summed E-state index contributed by atoms with van der Waals surface area (Å²) >= 11 is 0. The lowest BCUT2D eigenvalue weighted by atomic mass is 10.8. The molecule has 0 heterocycles. The van der Waals surface area contributed by atoms with Crippen LogP contribution in [0.1, 0.15) is 13.8 Å². The van der Waals surface area contributed by atoms with Crippen LogP contribution < -0.4 is 0 Å². The summed E-state index contributed by atoms with van der Waals surface area (Å²) in [5.41, 5.74) is 0. The van der Waals surface area contributed by atoms with E-state index in [1.165, 1.54) is 0 Å². The first kappa shape index (κ1) is 14.1. The lowest BCUT2D eigenvalue weighted by Gasteiger charge is -2.19. The predicted octanol–water partition coefficient (Wildman–Crippen LogP) is 0.855. The van der Waals surface area contributed by atoms with Gasteiger partial charge in [-0.2, -0.15) is 0 Å². The van der Waals surface area contributed by atoms with Crippen molar-refractivity contribution in [2.75, 3.05) is 19.5 Å². The molecule has 2 N–H and O–H groups in total. The molecular weight excluding hydrogens is 225 g/mol. The smallest absolute Gasteiger partial charge is 0.419 e. The average Bonchev–Trinajstić information content (AvgIpc) is 2.14. The molecule has 15 heavy (non-hydrogen) atoms. The van der Waals surface area contributed by atoms with E-state index in [0.717, 1.165) is 0 Å². The van der Waals surface area contributed by atoms with Gasteiger partial charge in [0, 0.05) is 0 Å². The molecule has 0 fully saturated rings. The monoisotopic (exact) mass is 239 g/mol. The minimum atomic E-state index is -2.40. The van der Waals surface area contributed by atoms with Crippen LogP contribution in [0.5, 0.6) is 0 Å². The Morgan fingerprint density at radius 2 is 1.53 bits per heavy atom. The van der Waals surface area contributed by atoms with Crippen molar-refractivity contribution in [1.82, 2.24) is 4.90 Å². The van der Waals surface area contributed by atoms with Gasteiger partial charge in [-0.15, -0.1) is 0 Å². The third kappa shape index (κ3) is 5.51. The van der Waals surface area contributed by atoms with Gasteiger partial charge in [0.25, 0.3) is 0 Å². The van der Waals surface area contributed by atoms with Gasteiger partial charge in [-0.25, -0.2) is 14.5 Å². The number of hydrogen-bond acceptors (Lipinski definition) is 6. The van der Waals surface area contributed by atoms with E-state index in [9.17, 15) is 9.59 Å². The fraction of sp³-hybridized carbons (Fsp3) is 0.714. The van der Waals surface area contributed by atoms with Gasteiger partial charge in [-0.05, 0) is 13.8 Å². The highest BCUT2D eigenvalue weighted by Gasteiger charge is 2.26. The number of carbonyl (C=O) groups is 2. The summed E-state index contributed by atoms with van der Waals surface area (Å²) in [5.74, 6) is 0. The highest BCUT2D eigenvalue weighted by atomic mass is 31.2. The molecule has 0 aromatic rings. The van der Waals surface area contributed by atoms with E-state index in [-0.39, 0.29) is 13.2 Å². The number of ether oxygens (including phenoxy) is 2. The fourth-order valence-electron chi connectivity index (χ4n) is 0.719. The van der Waals surface area contributed by atoms with Crippen LogP contribution in [0.25, 0.3) is 0 Å². The molecule has 0 aliphatic carbocycles. The second-order valence-corrected chi connectivity index (χ2v) is 3.37. The molecule has 0 radical (unpaired) electrons. The van der Waals surface area contributed by atoms with E-state index in [1.54, 1.807) is 13.8 Å². The van der Waals surface area contributed by atoms with Gasteiger partial charge in [0.1, 0.15) is 6.29 Å². The number of rotatable bonds is 4. The molecule has 0 aromatic heterocycles. The second-order valence-electron chi connectivity index (χ2n) is 2.34. The molecule has 0 saturated carbocycles. The van der Waals surface area contributed by atoms with Crippen molar-refractivity contribution in [2.24, 2.45) is 0 Å². The number of carbonyl (C=O) groups excluding carboxylic acids is 2. The summed E-state index contributed by atoms with van der Waals surface area (Å²) in [6, 6.07) is 0. The molecule has 0 saturated heterocycles. The van der Waals surface area contributed by atoms with Gasteiger partial charge >= 0.3 is 12.2 Å². The van der Waals surface area contributed by atoms with Crippen molar-refractivity contribution in [3.05, 3.63) is 0 Å². The first-order valence-corrected chi connectivity index (χ1v) is 5.72. The van der Waals surface area contributed by atoms with Gasteiger partial charge < -0.3 is 19.3 Å². The Balaban J connectivity index is 4.42. The minimum Gasteiger partial charge on any atom is -0.449 e. The molecule has 2 amide bonds. The van der Waals surface area contributed by atoms with Crippen LogP contribution in [0.4, 0.5) is 9.59 Å². The van der Waals surface area contributed by atoms with Crippen LogP contribution in [0.2, 0.25) is 0 Å². The Morgan fingerprint density at radius 1 is 1.13 bits per heavy atom. The molecule has 0 rings (SSSR count). The maximum absolute atomic E-state index is 11.2. The standard InChI is InChI=1S/C7H14NO6P/c1-3-13-6(9)8(5-15(11)12)7(10)14-4-2/h11-12H,3-5H2,1-2H3. The van der Waals surface area contributed by atoms with Crippen LogP contribution in [0.15, 0.2) is 0 Å². The Labute approximate surface area is 88.5 Å². The molecule has 0 bridgehead atoms. The summed E-state index contributed by atoms with van der Waals surface area (Å²) in [7, 11) is -2.40. The molecule has 0 unspecified atom stereocenters. The molecule has 0 aliphatic rings. The van der Waals surface area contributed by atoms with Crippen LogP contribution in [0, 0.1) is 0 Å². The SMILES string of the molecule is CCOC(=O)N(CP(O)O)C(=O)OCC. The zero-order valence-corrected chi connectivity index (χ0v) is 9.44. The van der Waals surface area contributed by atoms with Crippen molar-refractivity contribution in [3.8, 4) is 0 Å². The highest BCUT2D eigenvalue weighted by molar-refractivity contribution is 7.45. The summed E-state index contributed by atoms with van der Waals surface area (Å²) in [4.78, 5) is 40.3. The first-order chi connectivity index (χ1) is 7.02. The number of imide groups is 1. The van der Waals surface area contributed by atoms with E-state index < -0.39 is 26.8 Å². The number of amides is 2. The Morgan fingerprint density at radius 3 is 1.80 bits per heavy atom. The van der Waals surface area contributed by atoms with Gasteiger partial charge in [-0.3, -0.25) is 0 Å². The van der Waals surface area contributed by atoms with E-state index in [0.29, 0.717) is 4.90 Å². The maximum atomic E-state index is 11.2. The molecule has 0 atom stereocenters. The third-order valence-corrected chi connectivity index (χ3v) is 1.78. The predicted molar refractivity (Wildman–Crippen MR) is 52.1 cm³/mol. The summed E-state index contributed by atoms with van der Waals surface area (Å²) < 4.78 is 9.09. The average molecular weight is 239 g/mol. The summed E-state index contributed by atoms with van der Waals surface area (Å²) in [5, 5.41) is 0. The van der Waals surface area contributed by atoms with E-state index >= 15 is 0 Å². The quantitative estimate of drug-likeness (QED) is 0.706. The Bertz CT molecular complexity index is 204. The van der Waals surface area contributed by atoms with Crippen LogP contribution in [-0.4, -0.2) is 46.4 Å². The lowest BCUT2D eigenvalue weighted by molar-refractivity contribution is 0.0859. The molecular formula is C7H14NO6P. The molecule has 0 spiro atoms. The molecule has 0 aromatic carbocycles. The van der Waals surface area contributed by atoms with Gasteiger partial charge in [0.2, 0.25) is 0 Å². The molecule has 7 nitrogen and oxygen atoms in total. The molecule has 0 aliphatic heterocycles.